The minimum absolute atomic E-state index is 0.513. The van der Waals surface area contributed by atoms with Crippen LogP contribution in [0, 0.1) is 0 Å². The van der Waals surface area contributed by atoms with Crippen LogP contribution in [0.15, 0.2) is 24.4 Å². The smallest absolute Gasteiger partial charge is 0.475 e. The van der Waals surface area contributed by atoms with Crippen LogP contribution in [0.1, 0.15) is 37.8 Å². The molecule has 33 heavy (non-hydrogen) atoms. The second-order valence-electron chi connectivity index (χ2n) is 7.81. The number of nitrogens with zero attached hydrogens (tertiary/aromatic N) is 3. The van der Waals surface area contributed by atoms with Crippen LogP contribution in [-0.2, 0) is 16.1 Å². The molecule has 188 valence electrons. The van der Waals surface area contributed by atoms with Crippen LogP contribution in [-0.4, -0.2) is 81.5 Å². The highest BCUT2D eigenvalue weighted by Crippen LogP contribution is 2.36. The summed E-state index contributed by atoms with van der Waals surface area (Å²) in [6.45, 7) is 4.75. The Morgan fingerprint density at radius 3 is 1.85 bits per heavy atom. The van der Waals surface area contributed by atoms with Crippen molar-refractivity contribution in [2.75, 3.05) is 26.7 Å². The quantitative estimate of drug-likeness (QED) is 0.613. The van der Waals surface area contributed by atoms with Gasteiger partial charge in [-0.15, -0.1) is 0 Å². The van der Waals surface area contributed by atoms with Crippen LogP contribution in [0.4, 0.5) is 26.3 Å². The fourth-order valence-electron chi connectivity index (χ4n) is 3.71. The van der Waals surface area contributed by atoms with Gasteiger partial charge >= 0.3 is 24.3 Å². The largest absolute Gasteiger partial charge is 0.490 e. The minimum Gasteiger partial charge on any atom is -0.475 e. The number of alkyl halides is 6. The Kier molecular flexibility index (Phi) is 10.6. The lowest BCUT2D eigenvalue weighted by molar-refractivity contribution is -0.193. The zero-order valence-corrected chi connectivity index (χ0v) is 18.0. The van der Waals surface area contributed by atoms with Gasteiger partial charge in [-0.3, -0.25) is 9.88 Å². The van der Waals surface area contributed by atoms with Gasteiger partial charge in [-0.05, 0) is 51.4 Å². The summed E-state index contributed by atoms with van der Waals surface area (Å²) in [5, 5.41) is 14.2. The van der Waals surface area contributed by atoms with Crippen LogP contribution in [0.2, 0.25) is 0 Å². The third-order valence-corrected chi connectivity index (χ3v) is 5.58. The molecular formula is C20H27F6N3O4. The van der Waals surface area contributed by atoms with Crippen molar-refractivity contribution in [3.63, 3.8) is 0 Å². The summed E-state index contributed by atoms with van der Waals surface area (Å²) in [4.78, 5) is 27.4. The van der Waals surface area contributed by atoms with E-state index in [9.17, 15) is 26.3 Å². The summed E-state index contributed by atoms with van der Waals surface area (Å²) >= 11 is 0. The van der Waals surface area contributed by atoms with Gasteiger partial charge in [-0.1, -0.05) is 12.5 Å². The minimum atomic E-state index is -5.08. The maximum absolute atomic E-state index is 10.6. The Morgan fingerprint density at radius 2 is 1.45 bits per heavy atom. The maximum atomic E-state index is 10.6. The number of aliphatic carboxylic acids is 2. The zero-order valence-electron chi connectivity index (χ0n) is 18.0. The molecule has 2 fully saturated rings. The molecule has 2 saturated heterocycles. The van der Waals surface area contributed by atoms with E-state index in [-0.39, 0.29) is 0 Å². The summed E-state index contributed by atoms with van der Waals surface area (Å²) in [5.74, 6) is -5.51. The maximum Gasteiger partial charge on any atom is 0.490 e. The van der Waals surface area contributed by atoms with Crippen molar-refractivity contribution >= 4 is 11.9 Å². The van der Waals surface area contributed by atoms with E-state index in [0.29, 0.717) is 5.54 Å². The number of halogens is 6. The Bertz CT molecular complexity index is 726. The number of pyridine rings is 1. The van der Waals surface area contributed by atoms with Crippen LogP contribution >= 0.6 is 0 Å². The first kappa shape index (κ1) is 28.6. The van der Waals surface area contributed by atoms with Crippen molar-refractivity contribution in [1.29, 1.82) is 0 Å². The lowest BCUT2D eigenvalue weighted by atomic mass is 9.79. The molecule has 0 aromatic carbocycles. The summed E-state index contributed by atoms with van der Waals surface area (Å²) < 4.78 is 63.5. The first-order chi connectivity index (χ1) is 15.2. The average Bonchev–Trinajstić information content (AvgIpc) is 2.72. The predicted molar refractivity (Wildman–Crippen MR) is 105 cm³/mol. The molecule has 1 aromatic heterocycles. The van der Waals surface area contributed by atoms with Gasteiger partial charge in [0.2, 0.25) is 0 Å². The fourth-order valence-corrected chi connectivity index (χ4v) is 3.71. The standard InChI is InChI=1S/C16H25N3.2C2HF3O2/c1-18-11-5-3-7-16(18)8-12-19(13-9-16)14-15-6-2-4-10-17-15;2*3-2(4,5)1(6)7/h2,4,6,10H,3,5,7-9,11-14H2,1H3;2*(H,6,7). The van der Waals surface area contributed by atoms with E-state index in [1.54, 1.807) is 0 Å². The van der Waals surface area contributed by atoms with Gasteiger partial charge in [0, 0.05) is 31.4 Å². The Hall–Kier alpha value is -2.41. The van der Waals surface area contributed by atoms with E-state index >= 15 is 0 Å². The molecule has 0 atom stereocenters. The van der Waals surface area contributed by atoms with E-state index in [4.69, 9.17) is 19.8 Å². The topological polar surface area (TPSA) is 94.0 Å². The van der Waals surface area contributed by atoms with Gasteiger partial charge in [0.1, 0.15) is 0 Å². The van der Waals surface area contributed by atoms with E-state index in [2.05, 4.69) is 34.0 Å². The number of carboxylic acid groups (broad SMARTS) is 2. The molecule has 0 bridgehead atoms. The van der Waals surface area contributed by atoms with Crippen molar-refractivity contribution in [2.45, 2.75) is 56.5 Å². The fraction of sp³-hybridized carbons (Fsp3) is 0.650. The van der Waals surface area contributed by atoms with Gasteiger partial charge in [-0.2, -0.15) is 26.3 Å². The molecular weight excluding hydrogens is 460 g/mol. The summed E-state index contributed by atoms with van der Waals surface area (Å²) in [6, 6.07) is 6.21. The third kappa shape index (κ3) is 9.95. The predicted octanol–water partition coefficient (Wildman–Crippen LogP) is 3.80. The summed E-state index contributed by atoms with van der Waals surface area (Å²) in [6.07, 6.45) is -1.40. The molecule has 7 nitrogen and oxygen atoms in total. The monoisotopic (exact) mass is 487 g/mol. The van der Waals surface area contributed by atoms with Crippen molar-refractivity contribution in [2.24, 2.45) is 0 Å². The number of piperidine rings is 2. The SMILES string of the molecule is CN1CCCCC12CCN(Cc1ccccn1)CC2.O=C(O)C(F)(F)F.O=C(O)C(F)(F)F. The number of hydrogen-bond donors (Lipinski definition) is 2. The zero-order chi connectivity index (χ0) is 25.3. The van der Waals surface area contributed by atoms with Crippen LogP contribution in [0.5, 0.6) is 0 Å². The molecule has 0 aliphatic carbocycles. The molecule has 2 aliphatic heterocycles. The molecule has 2 N–H and O–H groups in total. The van der Waals surface area contributed by atoms with Gasteiger partial charge in [0.25, 0.3) is 0 Å². The van der Waals surface area contributed by atoms with E-state index in [1.807, 2.05) is 12.3 Å². The van der Waals surface area contributed by atoms with Gasteiger partial charge < -0.3 is 15.1 Å². The van der Waals surface area contributed by atoms with E-state index in [0.717, 1.165) is 6.54 Å². The van der Waals surface area contributed by atoms with Crippen molar-refractivity contribution < 1.29 is 46.1 Å². The van der Waals surface area contributed by atoms with Crippen molar-refractivity contribution in [3.05, 3.63) is 30.1 Å². The summed E-state index contributed by atoms with van der Waals surface area (Å²) in [5.41, 5.74) is 1.72. The highest BCUT2D eigenvalue weighted by molar-refractivity contribution is 5.73. The number of hydrogen-bond acceptors (Lipinski definition) is 5. The second kappa shape index (κ2) is 12.2. The van der Waals surface area contributed by atoms with Gasteiger partial charge in [-0.25, -0.2) is 9.59 Å². The molecule has 0 amide bonds. The van der Waals surface area contributed by atoms with Gasteiger partial charge in [0.05, 0.1) is 5.69 Å². The van der Waals surface area contributed by atoms with Crippen LogP contribution in [0.25, 0.3) is 0 Å². The number of likely N-dealkylation sites (tertiary alicyclic amines) is 2. The normalized spacial score (nSPS) is 19.0. The molecule has 2 aliphatic rings. The number of carbonyl (C=O) groups is 2. The molecule has 0 unspecified atom stereocenters. The Morgan fingerprint density at radius 1 is 0.939 bits per heavy atom. The van der Waals surface area contributed by atoms with Crippen molar-refractivity contribution in [3.8, 4) is 0 Å². The van der Waals surface area contributed by atoms with Crippen molar-refractivity contribution in [1.82, 2.24) is 14.8 Å². The third-order valence-electron chi connectivity index (χ3n) is 5.58. The molecule has 3 rings (SSSR count). The van der Waals surface area contributed by atoms with Crippen LogP contribution < -0.4 is 0 Å². The summed E-state index contributed by atoms with van der Waals surface area (Å²) in [7, 11) is 2.33. The Labute approximate surface area is 187 Å². The number of rotatable bonds is 2. The van der Waals surface area contributed by atoms with E-state index < -0.39 is 24.3 Å². The first-order valence-electron chi connectivity index (χ1n) is 10.1. The van der Waals surface area contributed by atoms with Crippen LogP contribution in [0.3, 0.4) is 0 Å². The van der Waals surface area contributed by atoms with E-state index in [1.165, 1.54) is 57.4 Å². The second-order valence-corrected chi connectivity index (χ2v) is 7.81. The average molecular weight is 487 g/mol. The number of aromatic nitrogens is 1. The molecule has 0 radical (unpaired) electrons. The molecule has 0 saturated carbocycles. The first-order valence-corrected chi connectivity index (χ1v) is 10.1. The Balaban J connectivity index is 0.000000324. The molecule has 1 aromatic rings. The number of carboxylic acids is 2. The lowest BCUT2D eigenvalue weighted by Gasteiger charge is -2.50. The lowest BCUT2D eigenvalue weighted by Crippen LogP contribution is -2.55. The molecule has 1 spiro atoms. The van der Waals surface area contributed by atoms with Gasteiger partial charge in [0.15, 0.2) is 0 Å². The highest BCUT2D eigenvalue weighted by Gasteiger charge is 2.40. The highest BCUT2D eigenvalue weighted by atomic mass is 19.4. The molecule has 3 heterocycles. The molecule has 13 heteroatoms.